The fraction of sp³-hybridized carbons (Fsp3) is 0.133. The van der Waals surface area contributed by atoms with Crippen LogP contribution in [-0.4, -0.2) is 12.5 Å². The van der Waals surface area contributed by atoms with E-state index < -0.39 is 0 Å². The lowest BCUT2D eigenvalue weighted by molar-refractivity contribution is 0.103. The van der Waals surface area contributed by atoms with E-state index in [1.165, 1.54) is 11.3 Å². The smallest absolute Gasteiger partial charge is 0.265 e. The van der Waals surface area contributed by atoms with Crippen LogP contribution in [0.25, 0.3) is 0 Å². The van der Waals surface area contributed by atoms with Gasteiger partial charge in [-0.15, -0.1) is 11.3 Å². The number of hydrogen-bond donors (Lipinski definition) is 1. The number of thiophene rings is 1. The monoisotopic (exact) mass is 273 g/mol. The summed E-state index contributed by atoms with van der Waals surface area (Å²) in [4.78, 5) is 12.5. The predicted molar refractivity (Wildman–Crippen MR) is 79.0 cm³/mol. The minimum atomic E-state index is -0.0920. The minimum Gasteiger partial charge on any atom is -0.489 e. The molecule has 0 aliphatic heterocycles. The van der Waals surface area contributed by atoms with Gasteiger partial charge in [0.2, 0.25) is 0 Å². The van der Waals surface area contributed by atoms with Crippen molar-refractivity contribution in [3.8, 4) is 5.75 Å². The highest BCUT2D eigenvalue weighted by atomic mass is 32.1. The molecule has 0 radical (unpaired) electrons. The van der Waals surface area contributed by atoms with Gasteiger partial charge in [-0.25, -0.2) is 0 Å². The third-order valence-electron chi connectivity index (χ3n) is 2.34. The summed E-state index contributed by atoms with van der Waals surface area (Å²) in [5.41, 5.74) is 1.72. The van der Waals surface area contributed by atoms with Gasteiger partial charge in [-0.1, -0.05) is 12.6 Å². The summed E-state index contributed by atoms with van der Waals surface area (Å²) in [6.45, 7) is 6.19. The second-order valence-corrected chi connectivity index (χ2v) is 5.15. The van der Waals surface area contributed by atoms with Crippen molar-refractivity contribution in [2.24, 2.45) is 0 Å². The second kappa shape index (κ2) is 6.20. The van der Waals surface area contributed by atoms with E-state index >= 15 is 0 Å². The summed E-state index contributed by atoms with van der Waals surface area (Å²) in [6.07, 6.45) is 0. The van der Waals surface area contributed by atoms with Gasteiger partial charge in [0.15, 0.2) is 0 Å². The van der Waals surface area contributed by atoms with Crippen LogP contribution in [0.15, 0.2) is 53.9 Å². The van der Waals surface area contributed by atoms with Crippen LogP contribution >= 0.6 is 11.3 Å². The molecule has 1 amide bonds. The summed E-state index contributed by atoms with van der Waals surface area (Å²) >= 11 is 1.42. The molecule has 4 heteroatoms. The normalized spacial score (nSPS) is 9.95. The van der Waals surface area contributed by atoms with E-state index in [-0.39, 0.29) is 5.91 Å². The summed E-state index contributed by atoms with van der Waals surface area (Å²) in [7, 11) is 0. The SMILES string of the molecule is C=C(C)COc1ccc(NC(=O)c2cccs2)cc1. The topological polar surface area (TPSA) is 38.3 Å². The molecule has 0 atom stereocenters. The predicted octanol–water partition coefficient (Wildman–Crippen LogP) is 3.96. The van der Waals surface area contributed by atoms with Crippen LogP contribution in [0.1, 0.15) is 16.6 Å². The van der Waals surface area contributed by atoms with Gasteiger partial charge >= 0.3 is 0 Å². The van der Waals surface area contributed by atoms with Crippen molar-refractivity contribution in [1.82, 2.24) is 0 Å². The first-order valence-electron chi connectivity index (χ1n) is 5.87. The Kier molecular flexibility index (Phi) is 4.36. The van der Waals surface area contributed by atoms with Crippen molar-refractivity contribution < 1.29 is 9.53 Å². The second-order valence-electron chi connectivity index (χ2n) is 4.20. The fourth-order valence-corrected chi connectivity index (χ4v) is 2.06. The first-order chi connectivity index (χ1) is 9.15. The van der Waals surface area contributed by atoms with Gasteiger partial charge in [0.05, 0.1) is 4.88 Å². The van der Waals surface area contributed by atoms with Crippen LogP contribution in [-0.2, 0) is 0 Å². The van der Waals surface area contributed by atoms with Gasteiger partial charge in [0.1, 0.15) is 12.4 Å². The van der Waals surface area contributed by atoms with E-state index in [0.717, 1.165) is 17.0 Å². The summed E-state index contributed by atoms with van der Waals surface area (Å²) in [6, 6.07) is 10.9. The molecule has 98 valence electrons. The molecule has 2 aromatic rings. The molecule has 0 saturated carbocycles. The Labute approximate surface area is 116 Å². The van der Waals surface area contributed by atoms with E-state index in [1.807, 2.05) is 42.6 Å². The molecular formula is C15H15NO2S. The largest absolute Gasteiger partial charge is 0.489 e. The highest BCUT2D eigenvalue weighted by Gasteiger charge is 2.06. The van der Waals surface area contributed by atoms with Crippen molar-refractivity contribution in [3.63, 3.8) is 0 Å². The van der Waals surface area contributed by atoms with Crippen molar-refractivity contribution in [1.29, 1.82) is 0 Å². The van der Waals surface area contributed by atoms with E-state index in [1.54, 1.807) is 6.07 Å². The molecule has 1 N–H and O–H groups in total. The van der Waals surface area contributed by atoms with Gasteiger partial charge in [-0.2, -0.15) is 0 Å². The van der Waals surface area contributed by atoms with Crippen LogP contribution < -0.4 is 10.1 Å². The molecule has 0 fully saturated rings. The molecule has 1 aromatic carbocycles. The summed E-state index contributed by atoms with van der Waals surface area (Å²) in [5.74, 6) is 0.669. The van der Waals surface area contributed by atoms with Gasteiger partial charge in [0.25, 0.3) is 5.91 Å². The maximum Gasteiger partial charge on any atom is 0.265 e. The molecule has 1 heterocycles. The molecule has 0 bridgehead atoms. The first kappa shape index (κ1) is 13.4. The average Bonchev–Trinajstić information content (AvgIpc) is 2.92. The number of rotatable bonds is 5. The average molecular weight is 273 g/mol. The third-order valence-corrected chi connectivity index (χ3v) is 3.21. The van der Waals surface area contributed by atoms with E-state index in [9.17, 15) is 4.79 Å². The van der Waals surface area contributed by atoms with Gasteiger partial charge in [-0.05, 0) is 48.2 Å². The molecule has 0 saturated heterocycles. The minimum absolute atomic E-state index is 0.0920. The lowest BCUT2D eigenvalue weighted by atomic mass is 10.3. The van der Waals surface area contributed by atoms with Crippen molar-refractivity contribution in [2.45, 2.75) is 6.92 Å². The Hall–Kier alpha value is -2.07. The van der Waals surface area contributed by atoms with E-state index in [0.29, 0.717) is 11.5 Å². The highest BCUT2D eigenvalue weighted by molar-refractivity contribution is 7.12. The Morgan fingerprint density at radius 2 is 2.05 bits per heavy atom. The number of nitrogens with one attached hydrogen (secondary N) is 1. The lowest BCUT2D eigenvalue weighted by Crippen LogP contribution is -2.09. The van der Waals surface area contributed by atoms with Crippen LogP contribution in [0.4, 0.5) is 5.69 Å². The standard InChI is InChI=1S/C15H15NO2S/c1-11(2)10-18-13-7-5-12(6-8-13)16-15(17)14-4-3-9-19-14/h3-9H,1,10H2,2H3,(H,16,17). The van der Waals surface area contributed by atoms with Crippen molar-refractivity contribution in [3.05, 3.63) is 58.8 Å². The van der Waals surface area contributed by atoms with E-state index in [4.69, 9.17) is 4.74 Å². The number of benzene rings is 1. The molecule has 2 rings (SSSR count). The number of hydrogen-bond acceptors (Lipinski definition) is 3. The summed E-state index contributed by atoms with van der Waals surface area (Å²) < 4.78 is 5.49. The molecule has 0 aliphatic rings. The Balaban J connectivity index is 1.95. The van der Waals surface area contributed by atoms with Crippen LogP contribution in [0.2, 0.25) is 0 Å². The van der Waals surface area contributed by atoms with Crippen molar-refractivity contribution in [2.75, 3.05) is 11.9 Å². The van der Waals surface area contributed by atoms with E-state index in [2.05, 4.69) is 11.9 Å². The van der Waals surface area contributed by atoms with Gasteiger partial charge in [-0.3, -0.25) is 4.79 Å². The Morgan fingerprint density at radius 1 is 1.32 bits per heavy atom. The first-order valence-corrected chi connectivity index (χ1v) is 6.75. The van der Waals surface area contributed by atoms with Gasteiger partial charge < -0.3 is 10.1 Å². The number of anilines is 1. The van der Waals surface area contributed by atoms with Crippen molar-refractivity contribution >= 4 is 22.9 Å². The zero-order chi connectivity index (χ0) is 13.7. The highest BCUT2D eigenvalue weighted by Crippen LogP contribution is 2.18. The Morgan fingerprint density at radius 3 is 2.63 bits per heavy atom. The Bertz CT molecular complexity index is 558. The van der Waals surface area contributed by atoms with Crippen LogP contribution in [0.3, 0.4) is 0 Å². The molecule has 19 heavy (non-hydrogen) atoms. The number of amides is 1. The maximum atomic E-state index is 11.8. The zero-order valence-electron chi connectivity index (χ0n) is 10.7. The summed E-state index contributed by atoms with van der Waals surface area (Å²) in [5, 5.41) is 4.71. The number of ether oxygens (including phenoxy) is 1. The number of carbonyl (C=O) groups is 1. The molecule has 0 aliphatic carbocycles. The molecule has 0 spiro atoms. The maximum absolute atomic E-state index is 11.8. The van der Waals surface area contributed by atoms with Gasteiger partial charge in [0, 0.05) is 5.69 Å². The molecule has 0 unspecified atom stereocenters. The van der Waals surface area contributed by atoms with Crippen LogP contribution in [0, 0.1) is 0 Å². The third kappa shape index (κ3) is 3.96. The molecular weight excluding hydrogens is 258 g/mol. The fourth-order valence-electron chi connectivity index (χ4n) is 1.44. The quantitative estimate of drug-likeness (QED) is 0.837. The molecule has 1 aromatic heterocycles. The zero-order valence-corrected chi connectivity index (χ0v) is 11.5. The number of carbonyl (C=O) groups excluding carboxylic acids is 1. The molecule has 3 nitrogen and oxygen atoms in total. The lowest BCUT2D eigenvalue weighted by Gasteiger charge is -2.07. The van der Waals surface area contributed by atoms with Crippen LogP contribution in [0.5, 0.6) is 5.75 Å².